The monoisotopic (exact) mass is 210 g/mol. The topological polar surface area (TPSA) is 24.9 Å². The summed E-state index contributed by atoms with van der Waals surface area (Å²) in [4.78, 5) is 4.09. The van der Waals surface area contributed by atoms with Crippen LogP contribution >= 0.6 is 0 Å². The van der Waals surface area contributed by atoms with Crippen molar-refractivity contribution in [2.45, 2.75) is 32.7 Å². The van der Waals surface area contributed by atoms with E-state index in [0.717, 1.165) is 18.5 Å². The van der Waals surface area contributed by atoms with Crippen LogP contribution in [0, 0.1) is 11.7 Å². The van der Waals surface area contributed by atoms with Gasteiger partial charge in [0.2, 0.25) is 0 Å². The Morgan fingerprint density at radius 2 is 2.07 bits per heavy atom. The Balaban J connectivity index is 2.61. The first-order valence-corrected chi connectivity index (χ1v) is 5.42. The zero-order valence-corrected chi connectivity index (χ0v) is 9.63. The van der Waals surface area contributed by atoms with Crippen molar-refractivity contribution in [3.63, 3.8) is 0 Å². The molecule has 0 aliphatic heterocycles. The average Bonchev–Trinajstić information content (AvgIpc) is 2.21. The highest BCUT2D eigenvalue weighted by atomic mass is 19.1. The molecule has 0 saturated carbocycles. The maximum Gasteiger partial charge on any atom is 0.141 e. The molecule has 0 bridgehead atoms. The molecule has 1 N–H and O–H groups in total. The first-order valence-electron chi connectivity index (χ1n) is 5.42. The Kier molecular flexibility index (Phi) is 4.69. The van der Waals surface area contributed by atoms with Crippen LogP contribution in [0.2, 0.25) is 0 Å². The van der Waals surface area contributed by atoms with Gasteiger partial charge >= 0.3 is 0 Å². The number of rotatable bonds is 5. The van der Waals surface area contributed by atoms with Gasteiger partial charge in [0.1, 0.15) is 5.82 Å². The molecule has 1 atom stereocenters. The zero-order chi connectivity index (χ0) is 11.3. The van der Waals surface area contributed by atoms with E-state index in [1.807, 2.05) is 7.05 Å². The van der Waals surface area contributed by atoms with E-state index in [2.05, 4.69) is 24.1 Å². The van der Waals surface area contributed by atoms with Crippen molar-refractivity contribution in [2.75, 3.05) is 7.05 Å². The van der Waals surface area contributed by atoms with E-state index in [4.69, 9.17) is 0 Å². The number of hydrogen-bond donors (Lipinski definition) is 1. The SMILES string of the molecule is CNC(CCC(C)C)c1ccc(F)cn1. The van der Waals surface area contributed by atoms with Gasteiger partial charge < -0.3 is 5.32 Å². The van der Waals surface area contributed by atoms with E-state index < -0.39 is 0 Å². The second kappa shape index (κ2) is 5.81. The molecule has 1 unspecified atom stereocenters. The van der Waals surface area contributed by atoms with Crippen LogP contribution in [0.1, 0.15) is 38.4 Å². The minimum Gasteiger partial charge on any atom is -0.312 e. The number of halogens is 1. The van der Waals surface area contributed by atoms with Gasteiger partial charge in [0.15, 0.2) is 0 Å². The smallest absolute Gasteiger partial charge is 0.141 e. The lowest BCUT2D eigenvalue weighted by Gasteiger charge is -2.16. The normalized spacial score (nSPS) is 13.1. The summed E-state index contributed by atoms with van der Waals surface area (Å²) in [5.41, 5.74) is 0.916. The highest BCUT2D eigenvalue weighted by Gasteiger charge is 2.10. The highest BCUT2D eigenvalue weighted by Crippen LogP contribution is 2.18. The Bertz CT molecular complexity index is 282. The lowest BCUT2D eigenvalue weighted by molar-refractivity contribution is 0.457. The van der Waals surface area contributed by atoms with Crippen LogP contribution in [0.3, 0.4) is 0 Å². The van der Waals surface area contributed by atoms with Crippen LogP contribution < -0.4 is 5.32 Å². The second-order valence-corrected chi connectivity index (χ2v) is 4.21. The van der Waals surface area contributed by atoms with Gasteiger partial charge in [-0.15, -0.1) is 0 Å². The van der Waals surface area contributed by atoms with Crippen LogP contribution in [0.15, 0.2) is 18.3 Å². The molecular formula is C12H19FN2. The van der Waals surface area contributed by atoms with Crippen LogP contribution in [-0.2, 0) is 0 Å². The number of pyridine rings is 1. The summed E-state index contributed by atoms with van der Waals surface area (Å²) in [7, 11) is 1.91. The molecule has 0 radical (unpaired) electrons. The fraction of sp³-hybridized carbons (Fsp3) is 0.583. The summed E-state index contributed by atoms with van der Waals surface area (Å²) in [6, 6.07) is 3.44. The number of aromatic nitrogens is 1. The molecule has 1 aromatic rings. The quantitative estimate of drug-likeness (QED) is 0.808. The third-order valence-electron chi connectivity index (χ3n) is 2.49. The first kappa shape index (κ1) is 12.1. The Labute approximate surface area is 90.9 Å². The third-order valence-corrected chi connectivity index (χ3v) is 2.49. The van der Waals surface area contributed by atoms with E-state index in [9.17, 15) is 4.39 Å². The molecule has 0 aliphatic rings. The van der Waals surface area contributed by atoms with Crippen molar-refractivity contribution in [3.05, 3.63) is 29.8 Å². The summed E-state index contributed by atoms with van der Waals surface area (Å²) >= 11 is 0. The van der Waals surface area contributed by atoms with Gasteiger partial charge in [-0.2, -0.15) is 0 Å². The minimum absolute atomic E-state index is 0.230. The molecule has 0 aromatic carbocycles. The maximum absolute atomic E-state index is 12.7. The first-order chi connectivity index (χ1) is 7.13. The molecule has 1 rings (SSSR count). The molecule has 0 spiro atoms. The minimum atomic E-state index is -0.280. The zero-order valence-electron chi connectivity index (χ0n) is 9.63. The average molecular weight is 210 g/mol. The van der Waals surface area contributed by atoms with E-state index in [0.29, 0.717) is 5.92 Å². The largest absolute Gasteiger partial charge is 0.312 e. The van der Waals surface area contributed by atoms with Gasteiger partial charge in [-0.25, -0.2) is 4.39 Å². The molecule has 1 aromatic heterocycles. The van der Waals surface area contributed by atoms with Gasteiger partial charge in [0, 0.05) is 6.04 Å². The van der Waals surface area contributed by atoms with Crippen LogP contribution in [0.5, 0.6) is 0 Å². The van der Waals surface area contributed by atoms with E-state index >= 15 is 0 Å². The van der Waals surface area contributed by atoms with Gasteiger partial charge in [-0.1, -0.05) is 13.8 Å². The molecule has 1 heterocycles. The van der Waals surface area contributed by atoms with Crippen molar-refractivity contribution in [2.24, 2.45) is 5.92 Å². The van der Waals surface area contributed by atoms with Crippen LogP contribution in [0.4, 0.5) is 4.39 Å². The third kappa shape index (κ3) is 3.96. The van der Waals surface area contributed by atoms with Crippen LogP contribution in [-0.4, -0.2) is 12.0 Å². The van der Waals surface area contributed by atoms with Gasteiger partial charge in [-0.05, 0) is 37.9 Å². The molecular weight excluding hydrogens is 191 g/mol. The van der Waals surface area contributed by atoms with Gasteiger partial charge in [0.25, 0.3) is 0 Å². The van der Waals surface area contributed by atoms with Crippen molar-refractivity contribution >= 4 is 0 Å². The Hall–Kier alpha value is -0.960. The van der Waals surface area contributed by atoms with Crippen molar-refractivity contribution in [1.29, 1.82) is 0 Å². The molecule has 3 heteroatoms. The lowest BCUT2D eigenvalue weighted by atomic mass is 10.0. The van der Waals surface area contributed by atoms with E-state index in [1.165, 1.54) is 12.3 Å². The molecule has 0 saturated heterocycles. The summed E-state index contributed by atoms with van der Waals surface area (Å²) in [6.07, 6.45) is 3.45. The Morgan fingerprint density at radius 1 is 1.33 bits per heavy atom. The summed E-state index contributed by atoms with van der Waals surface area (Å²) in [6.45, 7) is 4.40. The fourth-order valence-corrected chi connectivity index (χ4v) is 1.53. The van der Waals surface area contributed by atoms with E-state index in [-0.39, 0.29) is 11.9 Å². The Morgan fingerprint density at radius 3 is 2.53 bits per heavy atom. The number of nitrogens with one attached hydrogen (secondary N) is 1. The molecule has 15 heavy (non-hydrogen) atoms. The molecule has 2 nitrogen and oxygen atoms in total. The van der Waals surface area contributed by atoms with Crippen molar-refractivity contribution < 1.29 is 4.39 Å². The van der Waals surface area contributed by atoms with Crippen molar-refractivity contribution in [1.82, 2.24) is 10.3 Å². The van der Waals surface area contributed by atoms with Gasteiger partial charge in [-0.3, -0.25) is 4.98 Å². The molecule has 0 amide bonds. The fourth-order valence-electron chi connectivity index (χ4n) is 1.53. The number of nitrogens with zero attached hydrogens (tertiary/aromatic N) is 1. The summed E-state index contributed by atoms with van der Waals surface area (Å²) < 4.78 is 12.7. The van der Waals surface area contributed by atoms with Crippen molar-refractivity contribution in [3.8, 4) is 0 Å². The summed E-state index contributed by atoms with van der Waals surface area (Å²) in [5.74, 6) is 0.402. The molecule has 0 fully saturated rings. The predicted octanol–water partition coefficient (Wildman–Crippen LogP) is 2.92. The lowest BCUT2D eigenvalue weighted by Crippen LogP contribution is -2.18. The van der Waals surface area contributed by atoms with Crippen LogP contribution in [0.25, 0.3) is 0 Å². The summed E-state index contributed by atoms with van der Waals surface area (Å²) in [5, 5.41) is 3.21. The molecule has 84 valence electrons. The van der Waals surface area contributed by atoms with E-state index in [1.54, 1.807) is 6.07 Å². The second-order valence-electron chi connectivity index (χ2n) is 4.21. The van der Waals surface area contributed by atoms with Gasteiger partial charge in [0.05, 0.1) is 11.9 Å². The highest BCUT2D eigenvalue weighted by molar-refractivity contribution is 5.09. The predicted molar refractivity (Wildman–Crippen MR) is 60.1 cm³/mol. The maximum atomic E-state index is 12.7. The standard InChI is InChI=1S/C12H19FN2/c1-9(2)4-6-11(14-3)12-7-5-10(13)8-15-12/h5,7-9,11,14H,4,6H2,1-3H3. The molecule has 0 aliphatic carbocycles. The number of hydrogen-bond acceptors (Lipinski definition) is 2.